The van der Waals surface area contributed by atoms with Gasteiger partial charge in [0.2, 0.25) is 0 Å². The van der Waals surface area contributed by atoms with Gasteiger partial charge < -0.3 is 10.1 Å². The summed E-state index contributed by atoms with van der Waals surface area (Å²) in [6.07, 6.45) is 9.29. The van der Waals surface area contributed by atoms with Gasteiger partial charge >= 0.3 is 0 Å². The van der Waals surface area contributed by atoms with Gasteiger partial charge in [-0.3, -0.25) is 0 Å². The first kappa shape index (κ1) is 13.0. The first-order chi connectivity index (χ1) is 6.86. The van der Waals surface area contributed by atoms with Crippen LogP contribution < -0.4 is 5.32 Å². The van der Waals surface area contributed by atoms with Crippen molar-refractivity contribution in [1.82, 2.24) is 5.32 Å². The molecule has 0 aromatic heterocycles. The number of hydrogen-bond donors (Lipinski definition) is 1. The maximum absolute atomic E-state index is 5.12. The lowest BCUT2D eigenvalue weighted by atomic mass is 10.2. The largest absolute Gasteiger partial charge is 0.497 e. The molecule has 0 aliphatic heterocycles. The molecule has 1 N–H and O–H groups in total. The van der Waals surface area contributed by atoms with E-state index in [1.165, 1.54) is 5.57 Å². The molecule has 0 aromatic carbocycles. The highest BCUT2D eigenvalue weighted by Gasteiger charge is 1.96. The zero-order chi connectivity index (χ0) is 10.8. The average molecular weight is 195 g/mol. The molecule has 0 atom stereocenters. The molecule has 0 radical (unpaired) electrons. The van der Waals surface area contributed by atoms with Gasteiger partial charge in [-0.05, 0) is 31.2 Å². The molecule has 0 saturated carbocycles. The lowest BCUT2D eigenvalue weighted by Gasteiger charge is -1.98. The maximum Gasteiger partial charge on any atom is 0.115 e. The van der Waals surface area contributed by atoms with Crippen molar-refractivity contribution in [3.63, 3.8) is 0 Å². The molecule has 1 rings (SSSR count). The van der Waals surface area contributed by atoms with Crippen LogP contribution in [0.1, 0.15) is 20.3 Å². The van der Waals surface area contributed by atoms with E-state index in [0.29, 0.717) is 0 Å². The minimum absolute atomic E-state index is 0.918. The Kier molecular flexibility index (Phi) is 7.95. The Balaban J connectivity index is 0.000000791. The highest BCUT2D eigenvalue weighted by molar-refractivity contribution is 5.30. The molecule has 2 nitrogen and oxygen atoms in total. The van der Waals surface area contributed by atoms with E-state index in [0.717, 1.165) is 18.7 Å². The Morgan fingerprint density at radius 3 is 2.57 bits per heavy atom. The topological polar surface area (TPSA) is 21.3 Å². The SMILES string of the molecule is CC.CNCC1=CCC=C(OC)C=C1. The van der Waals surface area contributed by atoms with E-state index in [2.05, 4.69) is 23.5 Å². The minimum Gasteiger partial charge on any atom is -0.497 e. The van der Waals surface area contributed by atoms with Gasteiger partial charge in [0, 0.05) is 6.54 Å². The molecule has 0 aromatic rings. The fraction of sp³-hybridized carbons (Fsp3) is 0.500. The number of nitrogens with one attached hydrogen (secondary N) is 1. The second-order valence-corrected chi connectivity index (χ2v) is 2.69. The third kappa shape index (κ3) is 4.87. The first-order valence-corrected chi connectivity index (χ1v) is 5.12. The van der Waals surface area contributed by atoms with Crippen molar-refractivity contribution >= 4 is 0 Å². The molecule has 0 bridgehead atoms. The zero-order valence-electron chi connectivity index (χ0n) is 9.63. The van der Waals surface area contributed by atoms with E-state index < -0.39 is 0 Å². The summed E-state index contributed by atoms with van der Waals surface area (Å²) in [7, 11) is 3.64. The Hall–Kier alpha value is -1.02. The highest BCUT2D eigenvalue weighted by Crippen LogP contribution is 2.09. The first-order valence-electron chi connectivity index (χ1n) is 5.12. The van der Waals surface area contributed by atoms with E-state index in [1.54, 1.807) is 7.11 Å². The molecule has 1 aliphatic rings. The Labute approximate surface area is 87.3 Å². The fourth-order valence-electron chi connectivity index (χ4n) is 1.14. The lowest BCUT2D eigenvalue weighted by molar-refractivity contribution is 0.306. The Bertz CT molecular complexity index is 226. The normalized spacial score (nSPS) is 14.6. The van der Waals surface area contributed by atoms with Crippen molar-refractivity contribution in [1.29, 1.82) is 0 Å². The van der Waals surface area contributed by atoms with Gasteiger partial charge in [-0.15, -0.1) is 0 Å². The van der Waals surface area contributed by atoms with Gasteiger partial charge in [0.05, 0.1) is 7.11 Å². The van der Waals surface area contributed by atoms with E-state index in [1.807, 2.05) is 27.0 Å². The fourth-order valence-corrected chi connectivity index (χ4v) is 1.14. The van der Waals surface area contributed by atoms with Crippen LogP contribution in [0.5, 0.6) is 0 Å². The lowest BCUT2D eigenvalue weighted by Crippen LogP contribution is -2.08. The summed E-state index contributed by atoms with van der Waals surface area (Å²) >= 11 is 0. The second kappa shape index (κ2) is 8.57. The molecular formula is C12H21NO. The van der Waals surface area contributed by atoms with Gasteiger partial charge in [0.1, 0.15) is 5.76 Å². The van der Waals surface area contributed by atoms with Crippen LogP contribution >= 0.6 is 0 Å². The summed E-state index contributed by atoms with van der Waals surface area (Å²) < 4.78 is 5.12. The molecule has 0 spiro atoms. The third-order valence-corrected chi connectivity index (χ3v) is 1.78. The quantitative estimate of drug-likeness (QED) is 0.747. The number of allylic oxidation sites excluding steroid dienone is 3. The van der Waals surface area contributed by atoms with Crippen LogP contribution in [-0.2, 0) is 4.74 Å². The van der Waals surface area contributed by atoms with Gasteiger partial charge in [-0.25, -0.2) is 0 Å². The Morgan fingerprint density at radius 1 is 1.29 bits per heavy atom. The second-order valence-electron chi connectivity index (χ2n) is 2.69. The molecule has 2 heteroatoms. The van der Waals surface area contributed by atoms with E-state index in [9.17, 15) is 0 Å². The summed E-state index contributed by atoms with van der Waals surface area (Å²) in [5, 5.41) is 3.11. The molecule has 14 heavy (non-hydrogen) atoms. The van der Waals surface area contributed by atoms with Crippen LogP contribution in [0.15, 0.2) is 35.6 Å². The molecule has 0 amide bonds. The summed E-state index contributed by atoms with van der Waals surface area (Å²) in [6, 6.07) is 0. The van der Waals surface area contributed by atoms with Crippen molar-refractivity contribution in [2.24, 2.45) is 0 Å². The summed E-state index contributed by atoms with van der Waals surface area (Å²) in [5.41, 5.74) is 1.31. The molecular weight excluding hydrogens is 174 g/mol. The summed E-state index contributed by atoms with van der Waals surface area (Å²) in [6.45, 7) is 4.92. The zero-order valence-corrected chi connectivity index (χ0v) is 9.63. The standard InChI is InChI=1S/C10H15NO.C2H6/c1-11-8-9-4-3-5-10(12-2)7-6-9;1-2/h4-7,11H,3,8H2,1-2H3;1-2H3. The van der Waals surface area contributed by atoms with Gasteiger partial charge in [0.15, 0.2) is 0 Å². The van der Waals surface area contributed by atoms with Crippen LogP contribution in [0.25, 0.3) is 0 Å². The van der Waals surface area contributed by atoms with Gasteiger partial charge in [-0.2, -0.15) is 0 Å². The predicted molar refractivity (Wildman–Crippen MR) is 62.2 cm³/mol. The van der Waals surface area contributed by atoms with Crippen molar-refractivity contribution in [3.05, 3.63) is 35.6 Å². The molecule has 0 heterocycles. The number of methoxy groups -OCH3 is 1. The van der Waals surface area contributed by atoms with E-state index in [-0.39, 0.29) is 0 Å². The average Bonchev–Trinajstić information content (AvgIpc) is 2.47. The smallest absolute Gasteiger partial charge is 0.115 e. The van der Waals surface area contributed by atoms with Gasteiger partial charge in [0.25, 0.3) is 0 Å². The highest BCUT2D eigenvalue weighted by atomic mass is 16.5. The van der Waals surface area contributed by atoms with Gasteiger partial charge in [-0.1, -0.05) is 26.0 Å². The summed E-state index contributed by atoms with van der Waals surface area (Å²) in [4.78, 5) is 0. The van der Waals surface area contributed by atoms with Crippen LogP contribution in [-0.4, -0.2) is 20.7 Å². The van der Waals surface area contributed by atoms with Crippen molar-refractivity contribution < 1.29 is 4.74 Å². The van der Waals surface area contributed by atoms with Crippen molar-refractivity contribution in [2.45, 2.75) is 20.3 Å². The maximum atomic E-state index is 5.12. The van der Waals surface area contributed by atoms with Crippen molar-refractivity contribution in [2.75, 3.05) is 20.7 Å². The molecule has 0 fully saturated rings. The van der Waals surface area contributed by atoms with Crippen LogP contribution in [0.4, 0.5) is 0 Å². The number of hydrogen-bond acceptors (Lipinski definition) is 2. The molecule has 80 valence electrons. The number of rotatable bonds is 3. The number of ether oxygens (including phenoxy) is 1. The predicted octanol–water partition coefficient (Wildman–Crippen LogP) is 2.65. The Morgan fingerprint density at radius 2 is 2.00 bits per heavy atom. The molecule has 1 aliphatic carbocycles. The third-order valence-electron chi connectivity index (χ3n) is 1.78. The van der Waals surface area contributed by atoms with Crippen LogP contribution in [0.2, 0.25) is 0 Å². The summed E-state index contributed by atoms with van der Waals surface area (Å²) in [5.74, 6) is 0.942. The number of likely N-dealkylation sites (N-methyl/N-ethyl adjacent to an activating group) is 1. The van der Waals surface area contributed by atoms with E-state index in [4.69, 9.17) is 4.74 Å². The monoisotopic (exact) mass is 195 g/mol. The minimum atomic E-state index is 0.918. The van der Waals surface area contributed by atoms with Crippen molar-refractivity contribution in [3.8, 4) is 0 Å². The van der Waals surface area contributed by atoms with Crippen LogP contribution in [0.3, 0.4) is 0 Å². The molecule has 0 unspecified atom stereocenters. The van der Waals surface area contributed by atoms with Crippen LogP contribution in [0, 0.1) is 0 Å². The van der Waals surface area contributed by atoms with E-state index >= 15 is 0 Å². The molecule has 0 saturated heterocycles.